The second-order valence-electron chi connectivity index (χ2n) is 9.27. The second-order valence-corrected chi connectivity index (χ2v) is 9.71. The molecular formula is C28H26ClN7O3. The van der Waals surface area contributed by atoms with Crippen LogP contribution in [0.4, 0.5) is 5.95 Å². The number of hydrogen-bond acceptors (Lipinski definition) is 6. The molecule has 3 N–H and O–H groups in total. The third-order valence-corrected chi connectivity index (χ3v) is 6.66. The molecule has 0 unspecified atom stereocenters. The predicted octanol–water partition coefficient (Wildman–Crippen LogP) is 4.04. The number of guanidine groups is 1. The molecule has 1 atom stereocenters. The number of imide groups is 1. The lowest BCUT2D eigenvalue weighted by molar-refractivity contribution is -0.123. The largest absolute Gasteiger partial charge is 0.361 e. The lowest BCUT2D eigenvalue weighted by atomic mass is 10.1. The lowest BCUT2D eigenvalue weighted by Gasteiger charge is -2.22. The number of anilines is 1. The zero-order valence-electron chi connectivity index (χ0n) is 21.6. The SMILES string of the molecule is Cc1cc(C)nc(NC(=NCCc2c[nH]c3ccc(Cl)cc23)NC(=O)[C@@H](C)N2C(=O)c3ccccc3C2=O)n1. The molecule has 0 bridgehead atoms. The number of halogens is 1. The molecule has 0 radical (unpaired) electrons. The first-order valence-corrected chi connectivity index (χ1v) is 12.8. The molecule has 0 spiro atoms. The normalized spacial score (nSPS) is 14.1. The van der Waals surface area contributed by atoms with Gasteiger partial charge in [0.15, 0.2) is 0 Å². The van der Waals surface area contributed by atoms with E-state index >= 15 is 0 Å². The van der Waals surface area contributed by atoms with Crippen molar-refractivity contribution >= 4 is 52.1 Å². The number of benzene rings is 2. The number of carbonyl (C=O) groups excluding carboxylic acids is 3. The number of rotatable bonds is 6. The number of aryl methyl sites for hydroxylation is 2. The van der Waals surface area contributed by atoms with Gasteiger partial charge in [0.1, 0.15) is 6.04 Å². The summed E-state index contributed by atoms with van der Waals surface area (Å²) in [7, 11) is 0. The Bertz CT molecular complexity index is 1590. The van der Waals surface area contributed by atoms with E-state index in [2.05, 4.69) is 30.6 Å². The molecule has 10 nitrogen and oxygen atoms in total. The van der Waals surface area contributed by atoms with Crippen molar-refractivity contribution in [3.05, 3.63) is 87.8 Å². The number of aliphatic imine (C=N–C) groups is 1. The standard InChI is InChI=1S/C28H26ClN7O3/c1-15-12-16(2)33-28(32-15)35-27(30-11-10-18-14-31-23-9-8-19(29)13-22(18)23)34-24(37)17(3)36-25(38)20-6-4-5-7-21(20)26(36)39/h4-9,12-14,17,31H,10-11H2,1-3H3,(H2,30,32,33,34,35,37)/t17-/m1/s1. The lowest BCUT2D eigenvalue weighted by Crippen LogP contribution is -2.50. The minimum Gasteiger partial charge on any atom is -0.361 e. The fourth-order valence-corrected chi connectivity index (χ4v) is 4.71. The molecule has 4 aromatic rings. The van der Waals surface area contributed by atoms with Crippen LogP contribution >= 0.6 is 11.6 Å². The van der Waals surface area contributed by atoms with Crippen molar-refractivity contribution in [3.8, 4) is 0 Å². The van der Waals surface area contributed by atoms with Gasteiger partial charge in [0.25, 0.3) is 11.8 Å². The quantitative estimate of drug-likeness (QED) is 0.191. The Morgan fingerprint density at radius 3 is 2.38 bits per heavy atom. The first-order valence-electron chi connectivity index (χ1n) is 12.4. The van der Waals surface area contributed by atoms with Gasteiger partial charge in [-0.25, -0.2) is 9.97 Å². The van der Waals surface area contributed by atoms with Gasteiger partial charge in [0, 0.05) is 40.1 Å². The van der Waals surface area contributed by atoms with Crippen molar-refractivity contribution in [3.63, 3.8) is 0 Å². The first kappa shape index (κ1) is 26.1. The van der Waals surface area contributed by atoms with Crippen LogP contribution in [0.2, 0.25) is 5.02 Å². The molecule has 0 saturated carbocycles. The molecule has 0 aliphatic carbocycles. The molecule has 0 fully saturated rings. The summed E-state index contributed by atoms with van der Waals surface area (Å²) in [6, 6.07) is 12.9. The third-order valence-electron chi connectivity index (χ3n) is 6.43. The van der Waals surface area contributed by atoms with E-state index in [1.54, 1.807) is 24.3 Å². The summed E-state index contributed by atoms with van der Waals surface area (Å²) < 4.78 is 0. The highest BCUT2D eigenvalue weighted by Crippen LogP contribution is 2.25. The molecule has 5 rings (SSSR count). The summed E-state index contributed by atoms with van der Waals surface area (Å²) in [5.74, 6) is -1.25. The van der Waals surface area contributed by atoms with Crippen molar-refractivity contribution in [1.29, 1.82) is 0 Å². The van der Waals surface area contributed by atoms with E-state index in [1.165, 1.54) is 6.92 Å². The van der Waals surface area contributed by atoms with E-state index in [9.17, 15) is 14.4 Å². The molecule has 198 valence electrons. The monoisotopic (exact) mass is 543 g/mol. The molecule has 2 aromatic carbocycles. The fraction of sp³-hybridized carbons (Fsp3) is 0.214. The highest BCUT2D eigenvalue weighted by molar-refractivity contribution is 6.31. The number of nitrogens with zero attached hydrogens (tertiary/aromatic N) is 4. The maximum Gasteiger partial charge on any atom is 0.262 e. The van der Waals surface area contributed by atoms with Gasteiger partial charge >= 0.3 is 0 Å². The van der Waals surface area contributed by atoms with Crippen LogP contribution in [0.15, 0.2) is 59.7 Å². The molecule has 3 heterocycles. The average molecular weight is 544 g/mol. The van der Waals surface area contributed by atoms with Gasteiger partial charge in [-0.1, -0.05) is 23.7 Å². The summed E-state index contributed by atoms with van der Waals surface area (Å²) in [6.07, 6.45) is 2.46. The van der Waals surface area contributed by atoms with Crippen LogP contribution in [0.3, 0.4) is 0 Å². The summed E-state index contributed by atoms with van der Waals surface area (Å²) in [4.78, 5) is 56.5. The zero-order chi connectivity index (χ0) is 27.7. The molecular weight excluding hydrogens is 518 g/mol. The van der Waals surface area contributed by atoms with Gasteiger partial charge in [0.2, 0.25) is 17.8 Å². The van der Waals surface area contributed by atoms with E-state index in [4.69, 9.17) is 11.6 Å². The molecule has 1 aliphatic heterocycles. The van der Waals surface area contributed by atoms with Crippen molar-refractivity contribution in [1.82, 2.24) is 25.2 Å². The van der Waals surface area contributed by atoms with Crippen LogP contribution in [-0.2, 0) is 11.2 Å². The first-order chi connectivity index (χ1) is 18.7. The highest BCUT2D eigenvalue weighted by Gasteiger charge is 2.40. The summed E-state index contributed by atoms with van der Waals surface area (Å²) in [6.45, 7) is 5.48. The van der Waals surface area contributed by atoms with Crippen LogP contribution in [0.5, 0.6) is 0 Å². The molecule has 0 saturated heterocycles. The van der Waals surface area contributed by atoms with Crippen LogP contribution in [0.25, 0.3) is 10.9 Å². The highest BCUT2D eigenvalue weighted by atomic mass is 35.5. The number of aromatic amines is 1. The minimum atomic E-state index is -1.08. The van der Waals surface area contributed by atoms with Gasteiger partial charge in [0.05, 0.1) is 11.1 Å². The van der Waals surface area contributed by atoms with E-state index in [-0.39, 0.29) is 23.0 Å². The van der Waals surface area contributed by atoms with Gasteiger partial charge in [-0.05, 0) is 69.2 Å². The number of fused-ring (bicyclic) bond motifs is 2. The number of nitrogens with one attached hydrogen (secondary N) is 3. The van der Waals surface area contributed by atoms with E-state index < -0.39 is 23.8 Å². The molecule has 39 heavy (non-hydrogen) atoms. The van der Waals surface area contributed by atoms with Crippen LogP contribution < -0.4 is 10.6 Å². The summed E-state index contributed by atoms with van der Waals surface area (Å²) >= 11 is 6.17. The summed E-state index contributed by atoms with van der Waals surface area (Å²) in [5.41, 5.74) is 4.01. The van der Waals surface area contributed by atoms with Gasteiger partial charge in [-0.2, -0.15) is 0 Å². The Balaban J connectivity index is 1.36. The Morgan fingerprint density at radius 2 is 1.72 bits per heavy atom. The smallest absolute Gasteiger partial charge is 0.262 e. The Labute approximate surface area is 229 Å². The van der Waals surface area contributed by atoms with Gasteiger partial charge < -0.3 is 4.98 Å². The third kappa shape index (κ3) is 5.37. The van der Waals surface area contributed by atoms with E-state index in [0.29, 0.717) is 18.0 Å². The van der Waals surface area contributed by atoms with Crippen molar-refractivity contribution in [2.45, 2.75) is 33.2 Å². The number of carbonyl (C=O) groups is 3. The zero-order valence-corrected chi connectivity index (χ0v) is 22.3. The number of H-pyrrole nitrogens is 1. The molecule has 2 aromatic heterocycles. The minimum absolute atomic E-state index is 0.103. The second kappa shape index (κ2) is 10.7. The number of aromatic nitrogens is 3. The van der Waals surface area contributed by atoms with Crippen LogP contribution in [0, 0.1) is 13.8 Å². The van der Waals surface area contributed by atoms with Crippen molar-refractivity contribution in [2.75, 3.05) is 11.9 Å². The number of amides is 3. The maximum absolute atomic E-state index is 13.3. The van der Waals surface area contributed by atoms with Crippen molar-refractivity contribution < 1.29 is 14.4 Å². The average Bonchev–Trinajstić information content (AvgIpc) is 3.40. The molecule has 11 heteroatoms. The predicted molar refractivity (Wildman–Crippen MR) is 149 cm³/mol. The fourth-order valence-electron chi connectivity index (χ4n) is 4.54. The summed E-state index contributed by atoms with van der Waals surface area (Å²) in [5, 5.41) is 7.33. The topological polar surface area (TPSA) is 132 Å². The van der Waals surface area contributed by atoms with Gasteiger partial charge in [-0.15, -0.1) is 0 Å². The molecule has 3 amide bonds. The number of hydrogen-bond donors (Lipinski definition) is 3. The van der Waals surface area contributed by atoms with Crippen molar-refractivity contribution in [2.24, 2.45) is 4.99 Å². The molecule has 1 aliphatic rings. The maximum atomic E-state index is 13.3. The van der Waals surface area contributed by atoms with Crippen LogP contribution in [-0.4, -0.2) is 56.1 Å². The Hall–Kier alpha value is -4.57. The van der Waals surface area contributed by atoms with E-state index in [1.807, 2.05) is 44.3 Å². The van der Waals surface area contributed by atoms with Crippen LogP contribution in [0.1, 0.15) is 44.6 Å². The Morgan fingerprint density at radius 1 is 1.05 bits per heavy atom. The van der Waals surface area contributed by atoms with Gasteiger partial charge in [-0.3, -0.25) is 34.9 Å². The van der Waals surface area contributed by atoms with E-state index in [0.717, 1.165) is 32.8 Å². The Kier molecular flexibility index (Phi) is 7.12.